The molecule has 0 amide bonds. The highest BCUT2D eigenvalue weighted by Crippen LogP contribution is 2.53. The minimum absolute atomic E-state index is 0.0659. The van der Waals surface area contributed by atoms with Crippen molar-refractivity contribution in [1.82, 2.24) is 0 Å². The number of aliphatic hydroxyl groups is 1. The molecule has 0 bridgehead atoms. The molecule has 76 valence electrons. The summed E-state index contributed by atoms with van der Waals surface area (Å²) in [5, 5.41) is 10.2. The van der Waals surface area contributed by atoms with Crippen LogP contribution in [-0.4, -0.2) is 16.6 Å². The highest BCUT2D eigenvalue weighted by Gasteiger charge is 2.52. The van der Waals surface area contributed by atoms with E-state index in [9.17, 15) is 5.11 Å². The fourth-order valence-corrected chi connectivity index (χ4v) is 2.68. The van der Waals surface area contributed by atoms with Crippen LogP contribution in [0.25, 0.3) is 0 Å². The molecule has 4 unspecified atom stereocenters. The van der Waals surface area contributed by atoms with E-state index in [4.69, 9.17) is 23.2 Å². The zero-order valence-electron chi connectivity index (χ0n) is 7.82. The molecule has 1 aromatic carbocycles. The zero-order valence-corrected chi connectivity index (χ0v) is 9.33. The Morgan fingerprint density at radius 2 is 1.86 bits per heavy atom. The average Bonchev–Trinajstić information content (AvgIpc) is 2.79. The summed E-state index contributed by atoms with van der Waals surface area (Å²) in [4.78, 5) is 0. The quantitative estimate of drug-likeness (QED) is 0.775. The summed E-state index contributed by atoms with van der Waals surface area (Å²) >= 11 is 11.9. The summed E-state index contributed by atoms with van der Waals surface area (Å²) in [6.07, 6.45) is -0.335. The molecular weight excluding hydrogens is 219 g/mol. The second-order valence-electron chi connectivity index (χ2n) is 3.84. The smallest absolute Gasteiger partial charge is 0.0561 e. The highest BCUT2D eigenvalue weighted by atomic mass is 35.5. The summed E-state index contributed by atoms with van der Waals surface area (Å²) in [5.41, 5.74) is 1.17. The Kier molecular flexibility index (Phi) is 2.74. The Morgan fingerprint density at radius 3 is 2.29 bits per heavy atom. The Balaban J connectivity index is 2.15. The monoisotopic (exact) mass is 230 g/mol. The number of hydrogen-bond donors (Lipinski definition) is 1. The van der Waals surface area contributed by atoms with Gasteiger partial charge in [-0.25, -0.2) is 0 Å². The van der Waals surface area contributed by atoms with Crippen LogP contribution < -0.4 is 0 Å². The van der Waals surface area contributed by atoms with Crippen molar-refractivity contribution in [1.29, 1.82) is 0 Å². The van der Waals surface area contributed by atoms with Crippen molar-refractivity contribution in [3.63, 3.8) is 0 Å². The number of benzene rings is 1. The first-order valence-electron chi connectivity index (χ1n) is 4.69. The lowest BCUT2D eigenvalue weighted by atomic mass is 10.1. The van der Waals surface area contributed by atoms with Crippen molar-refractivity contribution in [2.45, 2.75) is 24.3 Å². The molecular formula is C11H12Cl2O. The fourth-order valence-electron chi connectivity index (χ4n) is 1.95. The molecule has 0 aliphatic heterocycles. The largest absolute Gasteiger partial charge is 0.393 e. The van der Waals surface area contributed by atoms with E-state index < -0.39 is 0 Å². The maximum atomic E-state index is 9.44. The van der Waals surface area contributed by atoms with E-state index in [1.54, 1.807) is 6.92 Å². The molecule has 1 aromatic rings. The van der Waals surface area contributed by atoms with Gasteiger partial charge in [0.2, 0.25) is 0 Å². The van der Waals surface area contributed by atoms with Gasteiger partial charge in [0.05, 0.1) is 6.10 Å². The van der Waals surface area contributed by atoms with E-state index in [1.165, 1.54) is 5.56 Å². The van der Waals surface area contributed by atoms with Gasteiger partial charge >= 0.3 is 0 Å². The van der Waals surface area contributed by atoms with Crippen molar-refractivity contribution in [3.05, 3.63) is 34.9 Å². The van der Waals surface area contributed by atoms with Crippen molar-refractivity contribution in [2.24, 2.45) is 5.92 Å². The maximum Gasteiger partial charge on any atom is 0.0561 e. The predicted molar refractivity (Wildman–Crippen MR) is 59.0 cm³/mol. The molecule has 1 nitrogen and oxygen atoms in total. The van der Waals surface area contributed by atoms with Crippen LogP contribution in [0.3, 0.4) is 0 Å². The number of rotatable bonds is 2. The zero-order chi connectivity index (χ0) is 10.3. The van der Waals surface area contributed by atoms with Crippen molar-refractivity contribution in [2.75, 3.05) is 0 Å². The molecule has 4 atom stereocenters. The van der Waals surface area contributed by atoms with Gasteiger partial charge in [-0.2, -0.15) is 0 Å². The summed E-state index contributed by atoms with van der Waals surface area (Å²) in [6, 6.07) is 7.67. The molecule has 0 saturated heterocycles. The predicted octanol–water partition coefficient (Wildman–Crippen LogP) is 3.04. The summed E-state index contributed by atoms with van der Waals surface area (Å²) in [6.45, 7) is 1.79. The van der Waals surface area contributed by atoms with Crippen molar-refractivity contribution < 1.29 is 5.11 Å². The molecule has 3 heteroatoms. The molecule has 0 aromatic heterocycles. The van der Waals surface area contributed by atoms with Gasteiger partial charge in [0, 0.05) is 22.2 Å². The van der Waals surface area contributed by atoms with Crippen LogP contribution in [0.15, 0.2) is 24.3 Å². The number of hydrogen-bond acceptors (Lipinski definition) is 1. The summed E-state index contributed by atoms with van der Waals surface area (Å²) < 4.78 is 0. The van der Waals surface area contributed by atoms with Crippen LogP contribution in [0.5, 0.6) is 0 Å². The van der Waals surface area contributed by atoms with E-state index in [1.807, 2.05) is 24.3 Å². The van der Waals surface area contributed by atoms with Gasteiger partial charge in [0.1, 0.15) is 0 Å². The number of alkyl halides is 1. The van der Waals surface area contributed by atoms with Gasteiger partial charge < -0.3 is 5.11 Å². The Hall–Kier alpha value is -0.240. The van der Waals surface area contributed by atoms with Crippen LogP contribution in [0, 0.1) is 5.92 Å². The third-order valence-electron chi connectivity index (χ3n) is 2.80. The summed E-state index contributed by atoms with van der Waals surface area (Å²) in [5.74, 6) is 0.478. The van der Waals surface area contributed by atoms with Gasteiger partial charge in [-0.05, 0) is 24.6 Å². The van der Waals surface area contributed by atoms with Gasteiger partial charge in [0.15, 0.2) is 0 Å². The first kappa shape index (κ1) is 10.3. The molecule has 0 heterocycles. The number of halogens is 2. The molecule has 2 rings (SSSR count). The molecule has 1 aliphatic carbocycles. The number of aliphatic hydroxyl groups excluding tert-OH is 1. The molecule has 1 fully saturated rings. The van der Waals surface area contributed by atoms with Crippen molar-refractivity contribution >= 4 is 23.2 Å². The van der Waals surface area contributed by atoms with Crippen LogP contribution in [-0.2, 0) is 0 Å². The van der Waals surface area contributed by atoms with E-state index in [2.05, 4.69) is 0 Å². The summed E-state index contributed by atoms with van der Waals surface area (Å²) in [7, 11) is 0. The van der Waals surface area contributed by atoms with E-state index in [0.717, 1.165) is 5.02 Å². The molecule has 14 heavy (non-hydrogen) atoms. The standard InChI is InChI=1S/C11H12Cl2O/c1-6(14)9-10(11(9)13)7-2-4-8(12)5-3-7/h2-6,9-11,14H,1H3. The normalized spacial score (nSPS) is 32.7. The average molecular weight is 231 g/mol. The van der Waals surface area contributed by atoms with Crippen LogP contribution in [0.1, 0.15) is 18.4 Å². The maximum absolute atomic E-state index is 9.44. The fraction of sp³-hybridized carbons (Fsp3) is 0.455. The first-order valence-corrected chi connectivity index (χ1v) is 5.50. The first-order chi connectivity index (χ1) is 6.61. The van der Waals surface area contributed by atoms with Crippen LogP contribution in [0.4, 0.5) is 0 Å². The minimum atomic E-state index is -0.335. The minimum Gasteiger partial charge on any atom is -0.393 e. The third-order valence-corrected chi connectivity index (χ3v) is 3.61. The Bertz CT molecular complexity index is 321. The van der Waals surface area contributed by atoms with E-state index in [0.29, 0.717) is 0 Å². The lowest BCUT2D eigenvalue weighted by Gasteiger charge is -2.02. The highest BCUT2D eigenvalue weighted by molar-refractivity contribution is 6.30. The molecule has 0 radical (unpaired) electrons. The van der Waals surface area contributed by atoms with Crippen LogP contribution >= 0.6 is 23.2 Å². The topological polar surface area (TPSA) is 20.2 Å². The molecule has 0 spiro atoms. The lowest BCUT2D eigenvalue weighted by molar-refractivity contribution is 0.169. The third kappa shape index (κ3) is 1.77. The van der Waals surface area contributed by atoms with Crippen molar-refractivity contribution in [3.8, 4) is 0 Å². The van der Waals surface area contributed by atoms with Gasteiger partial charge in [-0.1, -0.05) is 23.7 Å². The van der Waals surface area contributed by atoms with E-state index in [-0.39, 0.29) is 23.3 Å². The molecule has 1 aliphatic rings. The van der Waals surface area contributed by atoms with Gasteiger partial charge in [-0.15, -0.1) is 11.6 Å². The second kappa shape index (κ2) is 3.73. The molecule has 1 saturated carbocycles. The van der Waals surface area contributed by atoms with Gasteiger partial charge in [0.25, 0.3) is 0 Å². The Morgan fingerprint density at radius 1 is 1.29 bits per heavy atom. The van der Waals surface area contributed by atoms with E-state index >= 15 is 0 Å². The van der Waals surface area contributed by atoms with Crippen LogP contribution in [0.2, 0.25) is 5.02 Å². The van der Waals surface area contributed by atoms with Gasteiger partial charge in [-0.3, -0.25) is 0 Å². The second-order valence-corrected chi connectivity index (χ2v) is 4.78. The lowest BCUT2D eigenvalue weighted by Crippen LogP contribution is -2.04. The Labute approximate surface area is 93.7 Å². The molecule has 1 N–H and O–H groups in total. The SMILES string of the molecule is CC(O)C1C(Cl)C1c1ccc(Cl)cc1.